The van der Waals surface area contributed by atoms with E-state index in [1.807, 2.05) is 36.1 Å². The first-order valence-corrected chi connectivity index (χ1v) is 12.2. The highest BCUT2D eigenvalue weighted by atomic mass is 16.5. The molecular weight excluding hydrogens is 416 g/mol. The van der Waals surface area contributed by atoms with E-state index in [1.54, 1.807) is 12.0 Å². The van der Waals surface area contributed by atoms with Crippen LogP contribution in [0.3, 0.4) is 0 Å². The summed E-state index contributed by atoms with van der Waals surface area (Å²) in [7, 11) is 1.64. The fourth-order valence-electron chi connectivity index (χ4n) is 5.60. The number of likely N-dealkylation sites (tertiary alicyclic amines) is 1. The summed E-state index contributed by atoms with van der Waals surface area (Å²) in [5.74, 6) is 2.54. The van der Waals surface area contributed by atoms with Crippen molar-refractivity contribution in [2.45, 2.75) is 70.9 Å². The molecule has 2 aromatic rings. The highest BCUT2D eigenvalue weighted by molar-refractivity contribution is 6.00. The normalized spacial score (nSPS) is 20.9. The Morgan fingerprint density at radius 3 is 2.67 bits per heavy atom. The molecule has 2 amide bonds. The van der Waals surface area contributed by atoms with E-state index in [0.717, 1.165) is 67.6 Å². The smallest absolute Gasteiger partial charge is 0.233 e. The minimum absolute atomic E-state index is 0.0204. The molecular formula is C26H32N4O3. The second-order valence-electron chi connectivity index (χ2n) is 9.46. The molecule has 1 saturated heterocycles. The van der Waals surface area contributed by atoms with Crippen LogP contribution in [0.5, 0.6) is 5.75 Å². The summed E-state index contributed by atoms with van der Waals surface area (Å²) in [5, 5.41) is 0. The molecule has 5 rings (SSSR count). The topological polar surface area (TPSA) is 75.6 Å². The predicted molar refractivity (Wildman–Crippen MR) is 125 cm³/mol. The Morgan fingerprint density at radius 2 is 1.88 bits per heavy atom. The fourth-order valence-corrected chi connectivity index (χ4v) is 5.60. The minimum Gasteiger partial charge on any atom is -0.496 e. The molecule has 2 fully saturated rings. The lowest BCUT2D eigenvalue weighted by atomic mass is 9.88. The second-order valence-corrected chi connectivity index (χ2v) is 9.46. The number of carbonyl (C=O) groups excluding carboxylic acids is 2. The van der Waals surface area contributed by atoms with Gasteiger partial charge in [-0.3, -0.25) is 14.5 Å². The number of hydrogen-bond acceptors (Lipinski definition) is 5. The van der Waals surface area contributed by atoms with Crippen LogP contribution >= 0.6 is 0 Å². The number of fused-ring (bicyclic) bond motifs is 1. The van der Waals surface area contributed by atoms with Gasteiger partial charge in [0.2, 0.25) is 11.8 Å². The number of nitrogens with zero attached hydrogens (tertiary/aromatic N) is 4. The molecule has 0 spiro atoms. The van der Waals surface area contributed by atoms with Crippen LogP contribution in [0.2, 0.25) is 0 Å². The summed E-state index contributed by atoms with van der Waals surface area (Å²) < 4.78 is 5.49. The first-order valence-electron chi connectivity index (χ1n) is 12.2. The van der Waals surface area contributed by atoms with E-state index < -0.39 is 0 Å². The number of anilines is 1. The summed E-state index contributed by atoms with van der Waals surface area (Å²) >= 11 is 0. The number of para-hydroxylation sites is 1. The lowest BCUT2D eigenvalue weighted by Gasteiger charge is -2.30. The van der Waals surface area contributed by atoms with Crippen molar-refractivity contribution in [2.75, 3.05) is 18.6 Å². The summed E-state index contributed by atoms with van der Waals surface area (Å²) in [6.45, 7) is 3.12. The maximum absolute atomic E-state index is 13.3. The number of hydrogen-bond donors (Lipinski definition) is 0. The van der Waals surface area contributed by atoms with Crippen molar-refractivity contribution in [1.82, 2.24) is 14.9 Å². The average molecular weight is 449 g/mol. The standard InChI is InChI=1S/C26H32N4O3/c1-17-20-15-23(31)30(16-19-11-6-7-13-22(19)33-2)25(20)28-24(27-17)21-12-8-14-29(21)26(32)18-9-4-3-5-10-18/h6-7,11,13,18,21H,3-5,8-10,12,14-16H2,1-2H3/t21-/m1/s1. The number of benzene rings is 1. The molecule has 7 heteroatoms. The fraction of sp³-hybridized carbons (Fsp3) is 0.538. The predicted octanol–water partition coefficient (Wildman–Crippen LogP) is 4.13. The zero-order valence-electron chi connectivity index (χ0n) is 19.5. The Bertz CT molecular complexity index is 1060. The second kappa shape index (κ2) is 9.12. The van der Waals surface area contributed by atoms with Crippen molar-refractivity contribution in [3.8, 4) is 5.75 Å². The van der Waals surface area contributed by atoms with Gasteiger partial charge in [-0.1, -0.05) is 37.5 Å². The van der Waals surface area contributed by atoms with Crippen molar-refractivity contribution in [2.24, 2.45) is 5.92 Å². The van der Waals surface area contributed by atoms with Gasteiger partial charge in [0.15, 0.2) is 5.82 Å². The zero-order valence-corrected chi connectivity index (χ0v) is 19.5. The first-order chi connectivity index (χ1) is 16.1. The molecule has 3 heterocycles. The molecule has 1 aliphatic carbocycles. The van der Waals surface area contributed by atoms with Crippen LogP contribution in [0, 0.1) is 12.8 Å². The summed E-state index contributed by atoms with van der Waals surface area (Å²) in [6.07, 6.45) is 7.65. The third-order valence-electron chi connectivity index (χ3n) is 7.40. The molecule has 2 aliphatic heterocycles. The van der Waals surface area contributed by atoms with Crippen LogP contribution in [0.25, 0.3) is 0 Å². The monoisotopic (exact) mass is 448 g/mol. The van der Waals surface area contributed by atoms with Crippen LogP contribution in [0.1, 0.15) is 73.6 Å². The number of ether oxygens (including phenoxy) is 1. The van der Waals surface area contributed by atoms with Gasteiger partial charge in [0.05, 0.1) is 26.1 Å². The Kier molecular flexibility index (Phi) is 6.04. The average Bonchev–Trinajstić information content (AvgIpc) is 3.45. The molecule has 3 aliphatic rings. The number of aryl methyl sites for hydroxylation is 1. The van der Waals surface area contributed by atoms with Gasteiger partial charge in [0.1, 0.15) is 11.6 Å². The van der Waals surface area contributed by atoms with E-state index in [0.29, 0.717) is 24.6 Å². The molecule has 1 aromatic carbocycles. The molecule has 7 nitrogen and oxygen atoms in total. The molecule has 33 heavy (non-hydrogen) atoms. The van der Waals surface area contributed by atoms with Gasteiger partial charge in [-0.15, -0.1) is 0 Å². The number of rotatable bonds is 5. The summed E-state index contributed by atoms with van der Waals surface area (Å²) in [4.78, 5) is 39.8. The number of aromatic nitrogens is 2. The lowest BCUT2D eigenvalue weighted by molar-refractivity contribution is -0.137. The number of carbonyl (C=O) groups is 2. The summed E-state index contributed by atoms with van der Waals surface area (Å²) in [5.41, 5.74) is 2.67. The van der Waals surface area contributed by atoms with Gasteiger partial charge >= 0.3 is 0 Å². The Hall–Kier alpha value is -2.96. The highest BCUT2D eigenvalue weighted by Crippen LogP contribution is 2.38. The van der Waals surface area contributed by atoms with Crippen molar-refractivity contribution in [3.05, 3.63) is 46.9 Å². The van der Waals surface area contributed by atoms with E-state index in [9.17, 15) is 9.59 Å². The van der Waals surface area contributed by atoms with Crippen LogP contribution in [0.15, 0.2) is 24.3 Å². The maximum atomic E-state index is 13.3. The van der Waals surface area contributed by atoms with Crippen molar-refractivity contribution in [3.63, 3.8) is 0 Å². The van der Waals surface area contributed by atoms with E-state index in [-0.39, 0.29) is 23.8 Å². The quantitative estimate of drug-likeness (QED) is 0.688. The molecule has 174 valence electrons. The molecule has 1 saturated carbocycles. The van der Waals surface area contributed by atoms with Gasteiger partial charge in [0.25, 0.3) is 0 Å². The van der Waals surface area contributed by atoms with E-state index in [4.69, 9.17) is 14.7 Å². The van der Waals surface area contributed by atoms with E-state index >= 15 is 0 Å². The van der Waals surface area contributed by atoms with Gasteiger partial charge in [-0.2, -0.15) is 0 Å². The molecule has 0 radical (unpaired) electrons. The number of amides is 2. The Morgan fingerprint density at radius 1 is 1.09 bits per heavy atom. The first kappa shape index (κ1) is 21.9. The van der Waals surface area contributed by atoms with Gasteiger partial charge in [-0.25, -0.2) is 9.97 Å². The third-order valence-corrected chi connectivity index (χ3v) is 7.40. The Balaban J connectivity index is 1.44. The number of methoxy groups -OCH3 is 1. The van der Waals surface area contributed by atoms with Crippen molar-refractivity contribution < 1.29 is 14.3 Å². The minimum atomic E-state index is -0.104. The van der Waals surface area contributed by atoms with Crippen molar-refractivity contribution in [1.29, 1.82) is 0 Å². The highest BCUT2D eigenvalue weighted by Gasteiger charge is 2.38. The molecule has 0 unspecified atom stereocenters. The van der Waals surface area contributed by atoms with Gasteiger partial charge in [0, 0.05) is 29.3 Å². The SMILES string of the molecule is COc1ccccc1CN1C(=O)Cc2c(C)nc([C@H]3CCCN3C(=O)C3CCCCC3)nc21. The summed E-state index contributed by atoms with van der Waals surface area (Å²) in [6, 6.07) is 7.64. The molecule has 0 N–H and O–H groups in total. The van der Waals surface area contributed by atoms with Gasteiger partial charge in [-0.05, 0) is 38.7 Å². The third kappa shape index (κ3) is 4.09. The molecule has 0 bridgehead atoms. The van der Waals surface area contributed by atoms with Crippen molar-refractivity contribution >= 4 is 17.6 Å². The zero-order chi connectivity index (χ0) is 22.9. The largest absolute Gasteiger partial charge is 0.496 e. The van der Waals surface area contributed by atoms with Crippen LogP contribution < -0.4 is 9.64 Å². The van der Waals surface area contributed by atoms with Crippen LogP contribution in [-0.4, -0.2) is 40.3 Å². The van der Waals surface area contributed by atoms with E-state index in [2.05, 4.69) is 0 Å². The Labute approximate surface area is 195 Å². The van der Waals surface area contributed by atoms with Crippen LogP contribution in [-0.2, 0) is 22.6 Å². The van der Waals surface area contributed by atoms with Crippen LogP contribution in [0.4, 0.5) is 5.82 Å². The molecule has 1 aromatic heterocycles. The van der Waals surface area contributed by atoms with Gasteiger partial charge < -0.3 is 9.64 Å². The van der Waals surface area contributed by atoms with E-state index in [1.165, 1.54) is 6.42 Å². The molecule has 1 atom stereocenters. The maximum Gasteiger partial charge on any atom is 0.233 e. The lowest BCUT2D eigenvalue weighted by Crippen LogP contribution is -2.37.